The van der Waals surface area contributed by atoms with Crippen molar-refractivity contribution < 1.29 is 23.6 Å². The first-order valence-electron chi connectivity index (χ1n) is 10.7. The second-order valence-electron chi connectivity index (χ2n) is 8.80. The number of hydrogen-bond donors (Lipinski definition) is 1. The number of amides is 4. The van der Waals surface area contributed by atoms with Crippen LogP contribution in [0.25, 0.3) is 0 Å². The van der Waals surface area contributed by atoms with E-state index >= 15 is 0 Å². The lowest BCUT2D eigenvalue weighted by Crippen LogP contribution is -2.52. The molecule has 7 nitrogen and oxygen atoms in total. The smallest absolute Gasteiger partial charge is 0.255 e. The second kappa shape index (κ2) is 7.18. The van der Waals surface area contributed by atoms with Gasteiger partial charge in [0.05, 0.1) is 0 Å². The number of likely N-dealkylation sites (tertiary alicyclic amines) is 1. The van der Waals surface area contributed by atoms with Crippen molar-refractivity contribution in [2.45, 2.75) is 57.0 Å². The molecule has 2 saturated heterocycles. The maximum atomic E-state index is 14.9. The number of hydrogen-bond acceptors (Lipinski definition) is 4. The van der Waals surface area contributed by atoms with Gasteiger partial charge in [0.15, 0.2) is 0 Å². The van der Waals surface area contributed by atoms with Crippen LogP contribution in [0.4, 0.5) is 4.39 Å². The summed E-state index contributed by atoms with van der Waals surface area (Å²) in [5.41, 5.74) is 1.60. The summed E-state index contributed by atoms with van der Waals surface area (Å²) in [6, 6.07) is 2.35. The summed E-state index contributed by atoms with van der Waals surface area (Å²) in [5.74, 6) is -1.13. The number of carbonyl (C=O) groups excluding carboxylic acids is 4. The molecule has 1 N–H and O–H groups in total. The highest BCUT2D eigenvalue weighted by atomic mass is 19.1. The number of imide groups is 1. The van der Waals surface area contributed by atoms with Gasteiger partial charge in [-0.3, -0.25) is 24.5 Å². The van der Waals surface area contributed by atoms with E-state index < -0.39 is 17.8 Å². The second-order valence-corrected chi connectivity index (χ2v) is 8.80. The molecule has 1 atom stereocenters. The van der Waals surface area contributed by atoms with Crippen LogP contribution in [0.1, 0.15) is 65.9 Å². The molecule has 8 heteroatoms. The van der Waals surface area contributed by atoms with Crippen LogP contribution >= 0.6 is 0 Å². The van der Waals surface area contributed by atoms with Gasteiger partial charge in [-0.2, -0.15) is 0 Å². The molecule has 4 aliphatic rings. The Kier molecular flexibility index (Phi) is 4.60. The van der Waals surface area contributed by atoms with Crippen molar-refractivity contribution in [1.82, 2.24) is 15.1 Å². The number of carbonyl (C=O) groups is 4. The Balaban J connectivity index is 1.31. The van der Waals surface area contributed by atoms with Gasteiger partial charge in [0.25, 0.3) is 5.91 Å². The summed E-state index contributed by atoms with van der Waals surface area (Å²) in [5, 5.41) is 2.28. The molecule has 0 bridgehead atoms. The van der Waals surface area contributed by atoms with Crippen molar-refractivity contribution in [3.05, 3.63) is 34.6 Å². The zero-order chi connectivity index (χ0) is 21.0. The quantitative estimate of drug-likeness (QED) is 0.765. The van der Waals surface area contributed by atoms with Crippen molar-refractivity contribution in [3.8, 4) is 0 Å². The van der Waals surface area contributed by atoms with E-state index in [0.717, 1.165) is 18.4 Å². The Labute approximate surface area is 173 Å². The first-order chi connectivity index (χ1) is 14.4. The third-order valence-electron chi connectivity index (χ3n) is 6.81. The zero-order valence-corrected chi connectivity index (χ0v) is 16.7. The molecule has 158 valence electrons. The lowest BCUT2D eigenvalue weighted by molar-refractivity contribution is -0.137. The van der Waals surface area contributed by atoms with Crippen LogP contribution in [0.3, 0.4) is 0 Å². The Morgan fingerprint density at radius 1 is 1.03 bits per heavy atom. The van der Waals surface area contributed by atoms with Crippen LogP contribution < -0.4 is 5.32 Å². The van der Waals surface area contributed by atoms with Gasteiger partial charge in [-0.05, 0) is 55.2 Å². The normalized spacial score (nSPS) is 24.8. The topological polar surface area (TPSA) is 86.8 Å². The van der Waals surface area contributed by atoms with E-state index in [4.69, 9.17) is 0 Å². The molecule has 1 aromatic carbocycles. The molecule has 0 spiro atoms. The largest absolute Gasteiger partial charge is 0.342 e. The molecule has 1 saturated carbocycles. The number of rotatable bonds is 3. The minimum atomic E-state index is -0.703. The number of fused-ring (bicyclic) bond motifs is 1. The van der Waals surface area contributed by atoms with Crippen molar-refractivity contribution in [3.63, 3.8) is 0 Å². The lowest BCUT2D eigenvalue weighted by Gasteiger charge is -2.32. The average molecular weight is 413 g/mol. The van der Waals surface area contributed by atoms with E-state index in [2.05, 4.69) is 5.32 Å². The molecule has 1 aliphatic carbocycles. The summed E-state index contributed by atoms with van der Waals surface area (Å²) < 4.78 is 14.9. The van der Waals surface area contributed by atoms with Crippen LogP contribution in [-0.2, 0) is 20.9 Å². The minimum absolute atomic E-state index is 0.0123. The van der Waals surface area contributed by atoms with Gasteiger partial charge < -0.3 is 9.80 Å². The molecule has 1 aromatic rings. The Morgan fingerprint density at radius 3 is 2.43 bits per heavy atom. The SMILES string of the molecule is O=C1CCC(N2Cc3cc(C4CCN(C(=O)C5CC5)CC4)c(F)cc3C2=O)C(=O)N1. The maximum Gasteiger partial charge on any atom is 0.255 e. The number of halogens is 1. The lowest BCUT2D eigenvalue weighted by atomic mass is 9.87. The first-order valence-corrected chi connectivity index (χ1v) is 10.7. The van der Waals surface area contributed by atoms with Gasteiger partial charge in [0.1, 0.15) is 11.9 Å². The van der Waals surface area contributed by atoms with Crippen LogP contribution in [-0.4, -0.2) is 52.6 Å². The van der Waals surface area contributed by atoms with Crippen molar-refractivity contribution >= 4 is 23.6 Å². The Hall–Kier alpha value is -2.77. The van der Waals surface area contributed by atoms with E-state index in [1.165, 1.54) is 11.0 Å². The zero-order valence-electron chi connectivity index (χ0n) is 16.7. The summed E-state index contributed by atoms with van der Waals surface area (Å²) >= 11 is 0. The molecular formula is C22H24FN3O4. The van der Waals surface area contributed by atoms with Crippen molar-refractivity contribution in [2.75, 3.05) is 13.1 Å². The molecule has 0 radical (unpaired) electrons. The fourth-order valence-corrected chi connectivity index (χ4v) is 4.92. The van der Waals surface area contributed by atoms with Gasteiger partial charge in [-0.25, -0.2) is 4.39 Å². The highest BCUT2D eigenvalue weighted by molar-refractivity contribution is 6.05. The molecule has 0 aromatic heterocycles. The van der Waals surface area contributed by atoms with Gasteiger partial charge in [0.2, 0.25) is 17.7 Å². The number of piperidine rings is 2. The third-order valence-corrected chi connectivity index (χ3v) is 6.81. The van der Waals surface area contributed by atoms with Crippen LogP contribution in [0, 0.1) is 11.7 Å². The minimum Gasteiger partial charge on any atom is -0.342 e. The van der Waals surface area contributed by atoms with Crippen molar-refractivity contribution in [1.29, 1.82) is 0 Å². The molecule has 3 aliphatic heterocycles. The average Bonchev–Trinajstić information content (AvgIpc) is 3.53. The predicted octanol–water partition coefficient (Wildman–Crippen LogP) is 1.70. The van der Waals surface area contributed by atoms with E-state index in [-0.39, 0.29) is 48.9 Å². The summed E-state index contributed by atoms with van der Waals surface area (Å²) in [4.78, 5) is 52.0. The van der Waals surface area contributed by atoms with E-state index in [9.17, 15) is 23.6 Å². The van der Waals surface area contributed by atoms with Gasteiger partial charge in [0, 0.05) is 37.5 Å². The maximum absolute atomic E-state index is 14.9. The number of nitrogens with one attached hydrogen (secondary N) is 1. The molecule has 30 heavy (non-hydrogen) atoms. The van der Waals surface area contributed by atoms with Crippen LogP contribution in [0.15, 0.2) is 12.1 Å². The molecule has 3 fully saturated rings. The molecule has 5 rings (SSSR count). The fraction of sp³-hybridized carbons (Fsp3) is 0.545. The highest BCUT2D eigenvalue weighted by Crippen LogP contribution is 2.37. The predicted molar refractivity (Wildman–Crippen MR) is 104 cm³/mol. The summed E-state index contributed by atoms with van der Waals surface area (Å²) in [6.45, 7) is 1.52. The standard InChI is InChI=1S/C22H24FN3O4/c23-17-10-16-14(11-26(22(16)30)18-3-4-19(27)24-20(18)28)9-15(17)12-5-7-25(8-6-12)21(29)13-1-2-13/h9-10,12-13,18H,1-8,11H2,(H,24,27,28). The Bertz CT molecular complexity index is 950. The highest BCUT2D eigenvalue weighted by Gasteiger charge is 2.40. The molecule has 1 unspecified atom stereocenters. The van der Waals surface area contributed by atoms with Crippen LogP contribution in [0.2, 0.25) is 0 Å². The summed E-state index contributed by atoms with van der Waals surface area (Å²) in [6.07, 6.45) is 3.85. The monoisotopic (exact) mass is 413 g/mol. The van der Waals surface area contributed by atoms with E-state index in [1.54, 1.807) is 6.07 Å². The number of nitrogens with zero attached hydrogens (tertiary/aromatic N) is 2. The number of benzene rings is 1. The molecule has 3 heterocycles. The van der Waals surface area contributed by atoms with Crippen molar-refractivity contribution in [2.24, 2.45) is 5.92 Å². The van der Waals surface area contributed by atoms with Gasteiger partial charge in [-0.15, -0.1) is 0 Å². The first kappa shape index (κ1) is 19.2. The molecular weight excluding hydrogens is 389 g/mol. The Morgan fingerprint density at radius 2 is 1.77 bits per heavy atom. The fourth-order valence-electron chi connectivity index (χ4n) is 4.92. The van der Waals surface area contributed by atoms with Gasteiger partial charge in [-0.1, -0.05) is 6.07 Å². The third kappa shape index (κ3) is 3.28. The summed E-state index contributed by atoms with van der Waals surface area (Å²) in [7, 11) is 0. The van der Waals surface area contributed by atoms with Gasteiger partial charge >= 0.3 is 0 Å². The van der Waals surface area contributed by atoms with E-state index in [1.807, 2.05) is 4.90 Å². The van der Waals surface area contributed by atoms with Crippen LogP contribution in [0.5, 0.6) is 0 Å². The molecule has 4 amide bonds. The van der Waals surface area contributed by atoms with E-state index in [0.29, 0.717) is 37.1 Å².